The Bertz CT molecular complexity index is 878. The van der Waals surface area contributed by atoms with Crippen LogP contribution >= 0.6 is 11.6 Å². The van der Waals surface area contributed by atoms with Gasteiger partial charge in [-0.25, -0.2) is 8.42 Å². The Morgan fingerprint density at radius 2 is 1.96 bits per heavy atom. The van der Waals surface area contributed by atoms with E-state index in [1.54, 1.807) is 24.5 Å². The lowest BCUT2D eigenvalue weighted by atomic mass is 10.2. The number of amides is 1. The number of nitrogens with one attached hydrogen (secondary N) is 1. The fourth-order valence-corrected chi connectivity index (χ4v) is 4.73. The van der Waals surface area contributed by atoms with Crippen molar-refractivity contribution in [2.45, 2.75) is 17.9 Å². The SMILES string of the molecule is C[C@@H](NC(=O)CN1CCN(S(=O)(=O)c2cccc(Cl)c2)CC1)c1ccco1. The predicted molar refractivity (Wildman–Crippen MR) is 102 cm³/mol. The van der Waals surface area contributed by atoms with Gasteiger partial charge in [0.1, 0.15) is 5.76 Å². The molecular weight excluding hydrogens is 390 g/mol. The molecule has 27 heavy (non-hydrogen) atoms. The van der Waals surface area contributed by atoms with Gasteiger partial charge in [0.05, 0.1) is 23.7 Å². The second-order valence-electron chi connectivity index (χ2n) is 6.44. The molecule has 0 aliphatic carbocycles. The lowest BCUT2D eigenvalue weighted by Crippen LogP contribution is -2.51. The van der Waals surface area contributed by atoms with Gasteiger partial charge in [-0.3, -0.25) is 9.69 Å². The summed E-state index contributed by atoms with van der Waals surface area (Å²) in [7, 11) is -3.58. The van der Waals surface area contributed by atoms with Gasteiger partial charge in [0, 0.05) is 31.2 Å². The normalized spacial score (nSPS) is 17.6. The van der Waals surface area contributed by atoms with Gasteiger partial charge in [0.25, 0.3) is 0 Å². The van der Waals surface area contributed by atoms with Crippen LogP contribution in [0.25, 0.3) is 0 Å². The zero-order valence-corrected chi connectivity index (χ0v) is 16.5. The molecule has 2 heterocycles. The number of halogens is 1. The minimum Gasteiger partial charge on any atom is -0.467 e. The van der Waals surface area contributed by atoms with Gasteiger partial charge in [-0.2, -0.15) is 4.31 Å². The Morgan fingerprint density at radius 1 is 1.22 bits per heavy atom. The summed E-state index contributed by atoms with van der Waals surface area (Å²) in [6, 6.07) is 9.62. The fraction of sp³-hybridized carbons (Fsp3) is 0.389. The highest BCUT2D eigenvalue weighted by atomic mass is 35.5. The molecule has 1 N–H and O–H groups in total. The summed E-state index contributed by atoms with van der Waals surface area (Å²) in [5, 5.41) is 3.27. The molecule has 0 bridgehead atoms. The van der Waals surface area contributed by atoms with Crippen molar-refractivity contribution in [1.82, 2.24) is 14.5 Å². The maximum Gasteiger partial charge on any atom is 0.243 e. The minimum absolute atomic E-state index is 0.120. The van der Waals surface area contributed by atoms with Crippen LogP contribution in [0.1, 0.15) is 18.7 Å². The molecule has 3 rings (SSSR count). The molecule has 1 saturated heterocycles. The molecule has 1 aromatic carbocycles. The van der Waals surface area contributed by atoms with Crippen LogP contribution in [0.15, 0.2) is 52.0 Å². The van der Waals surface area contributed by atoms with Crippen LogP contribution in [0.3, 0.4) is 0 Å². The molecule has 2 aromatic rings. The molecule has 1 fully saturated rings. The molecular formula is C18H22ClN3O4S. The van der Waals surface area contributed by atoms with E-state index in [2.05, 4.69) is 5.32 Å². The number of piperazine rings is 1. The Hall–Kier alpha value is -1.87. The van der Waals surface area contributed by atoms with E-state index in [4.69, 9.17) is 16.0 Å². The molecule has 0 unspecified atom stereocenters. The first-order chi connectivity index (χ1) is 12.9. The maximum absolute atomic E-state index is 12.7. The molecule has 0 spiro atoms. The highest BCUT2D eigenvalue weighted by Crippen LogP contribution is 2.21. The van der Waals surface area contributed by atoms with Gasteiger partial charge in [-0.05, 0) is 37.3 Å². The topological polar surface area (TPSA) is 82.9 Å². The van der Waals surface area contributed by atoms with Crippen molar-refractivity contribution in [2.75, 3.05) is 32.7 Å². The molecule has 7 nitrogen and oxygen atoms in total. The number of hydrogen-bond donors (Lipinski definition) is 1. The van der Waals surface area contributed by atoms with E-state index < -0.39 is 10.0 Å². The van der Waals surface area contributed by atoms with E-state index in [1.807, 2.05) is 17.9 Å². The monoisotopic (exact) mass is 411 g/mol. The summed E-state index contributed by atoms with van der Waals surface area (Å²) in [6.45, 7) is 3.71. The molecule has 1 aliphatic heterocycles. The number of hydrogen-bond acceptors (Lipinski definition) is 5. The quantitative estimate of drug-likeness (QED) is 0.787. The van der Waals surface area contributed by atoms with Crippen molar-refractivity contribution in [3.8, 4) is 0 Å². The number of nitrogens with zero attached hydrogens (tertiary/aromatic N) is 2. The van der Waals surface area contributed by atoms with Crippen LogP contribution in [0.2, 0.25) is 5.02 Å². The van der Waals surface area contributed by atoms with Crippen molar-refractivity contribution < 1.29 is 17.6 Å². The Labute approximate surface area is 163 Å². The van der Waals surface area contributed by atoms with Crippen LogP contribution in [0, 0.1) is 0 Å². The number of furan rings is 1. The van der Waals surface area contributed by atoms with Crippen LogP contribution in [0.5, 0.6) is 0 Å². The number of benzene rings is 1. The molecule has 0 saturated carbocycles. The molecule has 0 radical (unpaired) electrons. The van der Waals surface area contributed by atoms with E-state index in [-0.39, 0.29) is 23.4 Å². The lowest BCUT2D eigenvalue weighted by Gasteiger charge is -2.33. The van der Waals surface area contributed by atoms with E-state index >= 15 is 0 Å². The van der Waals surface area contributed by atoms with Crippen LogP contribution in [-0.4, -0.2) is 56.3 Å². The van der Waals surface area contributed by atoms with Crippen molar-refractivity contribution >= 4 is 27.5 Å². The number of carbonyl (C=O) groups is 1. The summed E-state index contributed by atoms with van der Waals surface area (Å²) in [5.41, 5.74) is 0. The van der Waals surface area contributed by atoms with Crippen LogP contribution in [0.4, 0.5) is 0 Å². The maximum atomic E-state index is 12.7. The third-order valence-electron chi connectivity index (χ3n) is 4.48. The third-order valence-corrected chi connectivity index (χ3v) is 6.61. The van der Waals surface area contributed by atoms with Crippen LogP contribution in [-0.2, 0) is 14.8 Å². The Kier molecular flexibility index (Phi) is 6.21. The number of carbonyl (C=O) groups excluding carboxylic acids is 1. The summed E-state index contributed by atoms with van der Waals surface area (Å²) in [5.74, 6) is 0.575. The van der Waals surface area contributed by atoms with Gasteiger partial charge in [-0.15, -0.1) is 0 Å². The van der Waals surface area contributed by atoms with E-state index in [0.717, 1.165) is 0 Å². The number of rotatable bonds is 6. The Morgan fingerprint density at radius 3 is 2.59 bits per heavy atom. The molecule has 1 aromatic heterocycles. The zero-order valence-electron chi connectivity index (χ0n) is 15.0. The largest absolute Gasteiger partial charge is 0.467 e. The van der Waals surface area contributed by atoms with Crippen molar-refractivity contribution in [1.29, 1.82) is 0 Å². The smallest absolute Gasteiger partial charge is 0.243 e. The van der Waals surface area contributed by atoms with Crippen LogP contribution < -0.4 is 5.32 Å². The first-order valence-corrected chi connectivity index (χ1v) is 10.5. The molecule has 1 aliphatic rings. The van der Waals surface area contributed by atoms with Crippen molar-refractivity contribution in [2.24, 2.45) is 0 Å². The highest BCUT2D eigenvalue weighted by molar-refractivity contribution is 7.89. The minimum atomic E-state index is -3.58. The van der Waals surface area contributed by atoms with Crippen molar-refractivity contribution in [3.05, 3.63) is 53.4 Å². The Balaban J connectivity index is 1.52. The number of sulfonamides is 1. The van der Waals surface area contributed by atoms with Gasteiger partial charge in [-0.1, -0.05) is 17.7 Å². The van der Waals surface area contributed by atoms with Gasteiger partial charge < -0.3 is 9.73 Å². The van der Waals surface area contributed by atoms with Crippen molar-refractivity contribution in [3.63, 3.8) is 0 Å². The molecule has 9 heteroatoms. The summed E-state index contributed by atoms with van der Waals surface area (Å²) >= 11 is 5.91. The standard InChI is InChI=1S/C18H22ClN3O4S/c1-14(17-6-3-11-26-17)20-18(23)13-21-7-9-22(10-8-21)27(24,25)16-5-2-4-15(19)12-16/h2-6,11-12,14H,7-10,13H2,1H3,(H,20,23)/t14-/m1/s1. The summed E-state index contributed by atoms with van der Waals surface area (Å²) < 4.78 is 32.1. The predicted octanol–water partition coefficient (Wildman–Crippen LogP) is 2.12. The molecule has 1 amide bonds. The van der Waals surface area contributed by atoms with Gasteiger partial charge in [0.15, 0.2) is 0 Å². The second kappa shape index (κ2) is 8.43. The van der Waals surface area contributed by atoms with E-state index in [9.17, 15) is 13.2 Å². The summed E-state index contributed by atoms with van der Waals surface area (Å²) in [6.07, 6.45) is 1.57. The summed E-state index contributed by atoms with van der Waals surface area (Å²) in [4.78, 5) is 14.3. The highest BCUT2D eigenvalue weighted by Gasteiger charge is 2.29. The first kappa shape index (κ1) is 19.9. The molecule has 1 atom stereocenters. The average Bonchev–Trinajstić information content (AvgIpc) is 3.17. The van der Waals surface area contributed by atoms with E-state index in [1.165, 1.54) is 16.4 Å². The zero-order chi connectivity index (χ0) is 19.4. The molecule has 146 valence electrons. The van der Waals surface area contributed by atoms with Gasteiger partial charge in [0.2, 0.25) is 15.9 Å². The first-order valence-electron chi connectivity index (χ1n) is 8.67. The fourth-order valence-electron chi connectivity index (χ4n) is 3.00. The third kappa shape index (κ3) is 4.90. The lowest BCUT2D eigenvalue weighted by molar-refractivity contribution is -0.123. The average molecular weight is 412 g/mol. The second-order valence-corrected chi connectivity index (χ2v) is 8.82. The van der Waals surface area contributed by atoms with E-state index in [0.29, 0.717) is 37.0 Å². The van der Waals surface area contributed by atoms with Gasteiger partial charge >= 0.3 is 0 Å².